The van der Waals surface area contributed by atoms with E-state index in [1.165, 1.54) is 0 Å². The van der Waals surface area contributed by atoms with Gasteiger partial charge in [-0.3, -0.25) is 4.90 Å². The van der Waals surface area contributed by atoms with Gasteiger partial charge in [0.15, 0.2) is 0 Å². The molecule has 0 atom stereocenters. The summed E-state index contributed by atoms with van der Waals surface area (Å²) in [6.07, 6.45) is 5.55. The number of halogens is 3. The summed E-state index contributed by atoms with van der Waals surface area (Å²) in [7, 11) is 3.77. The number of benzene rings is 1. The van der Waals surface area contributed by atoms with Crippen LogP contribution in [0, 0.1) is 0 Å². The standard InChI is InChI=1S/C13H16BrN3O.2ClH/c1-16(10-17-6-5-15-9-17)8-11-7-12(14)3-4-13(11)18-2;;/h3-7,9H,8,10H2,1-2H3;2*1H. The molecule has 0 aliphatic carbocycles. The van der Waals surface area contributed by atoms with E-state index in [9.17, 15) is 0 Å². The van der Waals surface area contributed by atoms with Crippen molar-refractivity contribution >= 4 is 40.7 Å². The van der Waals surface area contributed by atoms with Crippen LogP contribution in [0.4, 0.5) is 0 Å². The van der Waals surface area contributed by atoms with Gasteiger partial charge >= 0.3 is 0 Å². The quantitative estimate of drug-likeness (QED) is 0.791. The number of rotatable bonds is 5. The van der Waals surface area contributed by atoms with E-state index in [0.29, 0.717) is 0 Å². The molecule has 0 radical (unpaired) electrons. The minimum absolute atomic E-state index is 0. The van der Waals surface area contributed by atoms with Gasteiger partial charge < -0.3 is 9.30 Å². The van der Waals surface area contributed by atoms with Gasteiger partial charge in [-0.1, -0.05) is 15.9 Å². The number of methoxy groups -OCH3 is 1. The molecule has 0 N–H and O–H groups in total. The molecule has 0 saturated carbocycles. The molecule has 2 rings (SSSR count). The lowest BCUT2D eigenvalue weighted by atomic mass is 10.2. The molecule has 2 aromatic rings. The summed E-state index contributed by atoms with van der Waals surface area (Å²) in [4.78, 5) is 6.23. The summed E-state index contributed by atoms with van der Waals surface area (Å²) in [5.41, 5.74) is 1.16. The highest BCUT2D eigenvalue weighted by Crippen LogP contribution is 2.24. The summed E-state index contributed by atoms with van der Waals surface area (Å²) in [5, 5.41) is 0. The molecule has 0 spiro atoms. The Labute approximate surface area is 140 Å². The van der Waals surface area contributed by atoms with Gasteiger partial charge in [0.2, 0.25) is 0 Å². The number of ether oxygens (including phenoxy) is 1. The molecule has 0 aliphatic heterocycles. The zero-order chi connectivity index (χ0) is 13.0. The second-order valence-electron chi connectivity index (χ2n) is 4.19. The molecule has 112 valence electrons. The van der Waals surface area contributed by atoms with E-state index in [4.69, 9.17) is 4.74 Å². The molecule has 0 bridgehead atoms. The molecule has 0 amide bonds. The van der Waals surface area contributed by atoms with E-state index in [1.54, 1.807) is 13.3 Å². The topological polar surface area (TPSA) is 30.3 Å². The van der Waals surface area contributed by atoms with Gasteiger partial charge in [0, 0.05) is 29.0 Å². The van der Waals surface area contributed by atoms with E-state index in [1.807, 2.05) is 29.2 Å². The largest absolute Gasteiger partial charge is 0.496 e. The van der Waals surface area contributed by atoms with Gasteiger partial charge in [0.05, 0.1) is 20.1 Å². The maximum Gasteiger partial charge on any atom is 0.123 e. The molecule has 7 heteroatoms. The van der Waals surface area contributed by atoms with Gasteiger partial charge in [-0.15, -0.1) is 24.8 Å². The van der Waals surface area contributed by atoms with Crippen LogP contribution in [0.3, 0.4) is 0 Å². The highest BCUT2D eigenvalue weighted by molar-refractivity contribution is 9.10. The predicted molar refractivity (Wildman–Crippen MR) is 88.9 cm³/mol. The molecule has 4 nitrogen and oxygen atoms in total. The average Bonchev–Trinajstić information content (AvgIpc) is 2.82. The van der Waals surface area contributed by atoms with Crippen LogP contribution in [0.1, 0.15) is 5.56 Å². The Balaban J connectivity index is 0.00000180. The molecule has 0 fully saturated rings. The van der Waals surface area contributed by atoms with Crippen LogP contribution in [-0.2, 0) is 13.2 Å². The molecule has 1 aromatic heterocycles. The van der Waals surface area contributed by atoms with Crippen LogP contribution >= 0.6 is 40.7 Å². The SMILES string of the molecule is COc1ccc(Br)cc1CN(C)Cn1ccnc1.Cl.Cl. The van der Waals surface area contributed by atoms with E-state index in [2.05, 4.69) is 38.9 Å². The number of aromatic nitrogens is 2. The van der Waals surface area contributed by atoms with Gasteiger partial charge in [-0.05, 0) is 25.2 Å². The third-order valence-electron chi connectivity index (χ3n) is 2.65. The average molecular weight is 383 g/mol. The van der Waals surface area contributed by atoms with Crippen LogP contribution in [0.15, 0.2) is 41.4 Å². The van der Waals surface area contributed by atoms with Crippen LogP contribution in [0.5, 0.6) is 5.75 Å². The third-order valence-corrected chi connectivity index (χ3v) is 3.14. The molecule has 1 aromatic carbocycles. The van der Waals surface area contributed by atoms with Gasteiger partial charge in [-0.25, -0.2) is 4.98 Å². The lowest BCUT2D eigenvalue weighted by molar-refractivity contribution is 0.256. The Morgan fingerprint density at radius 2 is 2.10 bits per heavy atom. The van der Waals surface area contributed by atoms with Crippen LogP contribution in [0.2, 0.25) is 0 Å². The third kappa shape index (κ3) is 5.32. The van der Waals surface area contributed by atoms with Crippen molar-refractivity contribution in [3.8, 4) is 5.75 Å². The maximum atomic E-state index is 5.37. The van der Waals surface area contributed by atoms with Crippen molar-refractivity contribution < 1.29 is 4.74 Å². The monoisotopic (exact) mass is 381 g/mol. The zero-order valence-corrected chi connectivity index (χ0v) is 14.5. The smallest absolute Gasteiger partial charge is 0.123 e. The molecular formula is C13H18BrCl2N3O. The molecule has 0 unspecified atom stereocenters. The Hall–Kier alpha value is -0.750. The van der Waals surface area contributed by atoms with E-state index in [0.717, 1.165) is 29.0 Å². The Morgan fingerprint density at radius 3 is 2.70 bits per heavy atom. The normalized spacial score (nSPS) is 9.80. The lowest BCUT2D eigenvalue weighted by Crippen LogP contribution is -2.21. The minimum Gasteiger partial charge on any atom is -0.496 e. The van der Waals surface area contributed by atoms with E-state index in [-0.39, 0.29) is 24.8 Å². The van der Waals surface area contributed by atoms with Gasteiger partial charge in [0.1, 0.15) is 5.75 Å². The Kier molecular flexibility index (Phi) is 8.89. The molecule has 0 aliphatic rings. The van der Waals surface area contributed by atoms with Crippen molar-refractivity contribution in [2.24, 2.45) is 0 Å². The van der Waals surface area contributed by atoms with Gasteiger partial charge in [0.25, 0.3) is 0 Å². The number of nitrogens with zero attached hydrogens (tertiary/aromatic N) is 3. The molecule has 20 heavy (non-hydrogen) atoms. The first-order valence-corrected chi connectivity index (χ1v) is 6.45. The Bertz CT molecular complexity index is 508. The van der Waals surface area contributed by atoms with E-state index >= 15 is 0 Å². The van der Waals surface area contributed by atoms with Crippen LogP contribution < -0.4 is 4.74 Å². The second kappa shape index (κ2) is 9.23. The van der Waals surface area contributed by atoms with Crippen LogP contribution in [0.25, 0.3) is 0 Å². The number of hydrogen-bond acceptors (Lipinski definition) is 3. The van der Waals surface area contributed by atoms with E-state index < -0.39 is 0 Å². The highest BCUT2D eigenvalue weighted by atomic mass is 79.9. The summed E-state index contributed by atoms with van der Waals surface area (Å²) >= 11 is 3.49. The zero-order valence-electron chi connectivity index (χ0n) is 11.3. The maximum absolute atomic E-state index is 5.37. The predicted octanol–water partition coefficient (Wildman–Crippen LogP) is 3.59. The number of imidazole rings is 1. The first-order valence-electron chi connectivity index (χ1n) is 5.65. The molecule has 0 saturated heterocycles. The minimum atomic E-state index is 0. The van der Waals surface area contributed by atoms with Crippen molar-refractivity contribution in [2.45, 2.75) is 13.2 Å². The molecule has 1 heterocycles. The van der Waals surface area contributed by atoms with Crippen molar-refractivity contribution in [2.75, 3.05) is 14.2 Å². The number of hydrogen-bond donors (Lipinski definition) is 0. The fourth-order valence-electron chi connectivity index (χ4n) is 1.86. The summed E-state index contributed by atoms with van der Waals surface area (Å²) in [6, 6.07) is 6.05. The van der Waals surface area contributed by atoms with Crippen molar-refractivity contribution in [1.82, 2.24) is 14.5 Å². The highest BCUT2D eigenvalue weighted by Gasteiger charge is 2.07. The summed E-state index contributed by atoms with van der Waals surface area (Å²) in [6.45, 7) is 1.62. The molecular weight excluding hydrogens is 365 g/mol. The van der Waals surface area contributed by atoms with Crippen molar-refractivity contribution in [3.63, 3.8) is 0 Å². The first-order chi connectivity index (χ1) is 8.69. The van der Waals surface area contributed by atoms with Gasteiger partial charge in [-0.2, -0.15) is 0 Å². The van der Waals surface area contributed by atoms with Crippen molar-refractivity contribution in [3.05, 3.63) is 47.0 Å². The summed E-state index contributed by atoms with van der Waals surface area (Å²) in [5.74, 6) is 0.913. The van der Waals surface area contributed by atoms with Crippen molar-refractivity contribution in [1.29, 1.82) is 0 Å². The fourth-order valence-corrected chi connectivity index (χ4v) is 2.27. The van der Waals surface area contributed by atoms with Crippen LogP contribution in [-0.4, -0.2) is 28.6 Å². The lowest BCUT2D eigenvalue weighted by Gasteiger charge is -2.19. The Morgan fingerprint density at radius 1 is 1.35 bits per heavy atom. The second-order valence-corrected chi connectivity index (χ2v) is 5.10. The first kappa shape index (κ1) is 19.2. The fraction of sp³-hybridized carbons (Fsp3) is 0.308. The summed E-state index contributed by atoms with van der Waals surface area (Å²) < 4.78 is 8.47.